The minimum absolute atomic E-state index is 0.945. The number of para-hydroxylation sites is 1. The largest absolute Gasteiger partial charge is 0.309 e. The van der Waals surface area contributed by atoms with E-state index in [1.165, 1.54) is 83.8 Å². The summed E-state index contributed by atoms with van der Waals surface area (Å²) in [6.07, 6.45) is 8.04. The highest BCUT2D eigenvalue weighted by atomic mass is 15.2. The predicted molar refractivity (Wildman–Crippen MR) is 141 cm³/mol. The molecular formula is C33H22N2. The lowest BCUT2D eigenvalue weighted by Gasteiger charge is -2.40. The van der Waals surface area contributed by atoms with Crippen LogP contribution in [0.2, 0.25) is 0 Å². The van der Waals surface area contributed by atoms with E-state index in [-0.39, 0.29) is 0 Å². The molecule has 2 heteroatoms. The predicted octanol–water partition coefficient (Wildman–Crippen LogP) is 7.50. The van der Waals surface area contributed by atoms with E-state index in [0.717, 1.165) is 25.7 Å². The van der Waals surface area contributed by atoms with Crippen molar-refractivity contribution in [3.63, 3.8) is 0 Å². The van der Waals surface area contributed by atoms with Crippen LogP contribution in [0.3, 0.4) is 0 Å². The molecule has 0 unspecified atom stereocenters. The Hall–Kier alpha value is -4.17. The molecule has 3 heterocycles. The second-order valence-corrected chi connectivity index (χ2v) is 10.4. The molecule has 0 N–H and O–H groups in total. The summed E-state index contributed by atoms with van der Waals surface area (Å²) in [6.45, 7) is 0. The van der Waals surface area contributed by atoms with Crippen molar-refractivity contribution in [2.45, 2.75) is 25.7 Å². The molecule has 0 amide bonds. The maximum absolute atomic E-state index is 4.48. The molecule has 4 aliphatic rings. The van der Waals surface area contributed by atoms with E-state index in [2.05, 4.69) is 88.9 Å². The quantitative estimate of drug-likeness (QED) is 0.240. The zero-order valence-electron chi connectivity index (χ0n) is 19.3. The van der Waals surface area contributed by atoms with Crippen molar-refractivity contribution in [1.29, 1.82) is 0 Å². The van der Waals surface area contributed by atoms with Crippen LogP contribution < -0.4 is 4.90 Å². The van der Waals surface area contributed by atoms with Gasteiger partial charge in [-0.2, -0.15) is 0 Å². The zero-order chi connectivity index (χ0) is 22.7. The minimum Gasteiger partial charge on any atom is -0.309 e. The fourth-order valence-corrected chi connectivity index (χ4v) is 7.12. The van der Waals surface area contributed by atoms with Crippen molar-refractivity contribution >= 4 is 17.1 Å². The Morgan fingerprint density at radius 2 is 1.26 bits per heavy atom. The van der Waals surface area contributed by atoms with Gasteiger partial charge in [-0.1, -0.05) is 48.5 Å². The van der Waals surface area contributed by atoms with E-state index < -0.39 is 0 Å². The molecule has 1 aromatic heterocycles. The Bertz CT molecular complexity index is 1750. The number of anilines is 3. The summed E-state index contributed by atoms with van der Waals surface area (Å²) >= 11 is 0. The fourth-order valence-electron chi connectivity index (χ4n) is 7.12. The molecule has 0 saturated carbocycles. The lowest BCUT2D eigenvalue weighted by molar-refractivity contribution is 0.985. The lowest BCUT2D eigenvalue weighted by atomic mass is 9.82. The molecular weight excluding hydrogens is 424 g/mol. The van der Waals surface area contributed by atoms with Crippen LogP contribution >= 0.6 is 0 Å². The van der Waals surface area contributed by atoms with E-state index in [0.29, 0.717) is 0 Å². The number of hydrogen-bond acceptors (Lipinski definition) is 2. The second-order valence-electron chi connectivity index (χ2n) is 10.4. The Kier molecular flexibility index (Phi) is 3.27. The van der Waals surface area contributed by atoms with Crippen LogP contribution in [-0.4, -0.2) is 4.98 Å². The molecule has 4 aromatic carbocycles. The summed E-state index contributed by atoms with van der Waals surface area (Å²) in [6, 6.07) is 27.5. The molecule has 2 aliphatic carbocycles. The van der Waals surface area contributed by atoms with Gasteiger partial charge < -0.3 is 4.90 Å². The fraction of sp³-hybridized carbons (Fsp3) is 0.121. The number of pyridine rings is 1. The van der Waals surface area contributed by atoms with Crippen LogP contribution in [0.5, 0.6) is 0 Å². The Morgan fingerprint density at radius 3 is 2.23 bits per heavy atom. The molecule has 2 nitrogen and oxygen atoms in total. The summed E-state index contributed by atoms with van der Waals surface area (Å²) < 4.78 is 0. The third-order valence-corrected chi connectivity index (χ3v) is 8.60. The van der Waals surface area contributed by atoms with Gasteiger partial charge in [-0.25, -0.2) is 0 Å². The van der Waals surface area contributed by atoms with Crippen molar-refractivity contribution in [3.8, 4) is 22.3 Å². The summed E-state index contributed by atoms with van der Waals surface area (Å²) in [5, 5.41) is 0. The molecule has 0 fully saturated rings. The number of aromatic nitrogens is 1. The van der Waals surface area contributed by atoms with Crippen molar-refractivity contribution in [2.24, 2.45) is 0 Å². The number of nitrogens with zero attached hydrogens (tertiary/aromatic N) is 2. The average molecular weight is 447 g/mol. The molecule has 0 saturated heterocycles. The highest BCUT2D eigenvalue weighted by Gasteiger charge is 2.36. The highest BCUT2D eigenvalue weighted by Crippen LogP contribution is 2.55. The summed E-state index contributed by atoms with van der Waals surface area (Å²) in [5.74, 6) is 0. The SMILES string of the molecule is c1ccc2c(c1)Cc1cc3c(cc1-2)-c1cc2c4c(c1C3)Cc1ccccc1N4c1ccncc1C2. The zero-order valence-corrected chi connectivity index (χ0v) is 19.3. The maximum atomic E-state index is 4.48. The molecule has 164 valence electrons. The van der Waals surface area contributed by atoms with Gasteiger partial charge in [0.05, 0.1) is 11.4 Å². The van der Waals surface area contributed by atoms with Crippen LogP contribution in [0.25, 0.3) is 22.3 Å². The Morgan fingerprint density at radius 1 is 0.514 bits per heavy atom. The average Bonchev–Trinajstić information content (AvgIpc) is 3.44. The lowest BCUT2D eigenvalue weighted by Crippen LogP contribution is -2.25. The number of rotatable bonds is 0. The first-order chi connectivity index (χ1) is 17.3. The minimum atomic E-state index is 0.945. The first-order valence-corrected chi connectivity index (χ1v) is 12.6. The van der Waals surface area contributed by atoms with Crippen molar-refractivity contribution < 1.29 is 0 Å². The summed E-state index contributed by atoms with van der Waals surface area (Å²) in [7, 11) is 0. The van der Waals surface area contributed by atoms with Crippen molar-refractivity contribution in [3.05, 3.63) is 130 Å². The molecule has 0 bridgehead atoms. The smallest absolute Gasteiger partial charge is 0.0535 e. The monoisotopic (exact) mass is 446 g/mol. The summed E-state index contributed by atoms with van der Waals surface area (Å²) in [5.41, 5.74) is 21.4. The Labute approximate surface area is 204 Å². The van der Waals surface area contributed by atoms with Crippen LogP contribution in [0.4, 0.5) is 17.1 Å². The topological polar surface area (TPSA) is 16.1 Å². The van der Waals surface area contributed by atoms with Gasteiger partial charge in [0.25, 0.3) is 0 Å². The van der Waals surface area contributed by atoms with E-state index in [9.17, 15) is 0 Å². The third-order valence-electron chi connectivity index (χ3n) is 8.60. The van der Waals surface area contributed by atoms with Crippen molar-refractivity contribution in [2.75, 3.05) is 4.90 Å². The van der Waals surface area contributed by atoms with E-state index in [1.54, 1.807) is 0 Å². The van der Waals surface area contributed by atoms with E-state index in [1.807, 2.05) is 6.20 Å². The molecule has 0 atom stereocenters. The van der Waals surface area contributed by atoms with Gasteiger partial charge >= 0.3 is 0 Å². The first kappa shape index (κ1) is 18.2. The molecule has 2 aliphatic heterocycles. The van der Waals surface area contributed by atoms with Crippen LogP contribution in [0.15, 0.2) is 85.2 Å². The molecule has 9 rings (SSSR count). The molecule has 35 heavy (non-hydrogen) atoms. The van der Waals surface area contributed by atoms with E-state index in [4.69, 9.17) is 0 Å². The molecule has 0 spiro atoms. The van der Waals surface area contributed by atoms with E-state index >= 15 is 0 Å². The summed E-state index contributed by atoms with van der Waals surface area (Å²) in [4.78, 5) is 7.00. The van der Waals surface area contributed by atoms with Gasteiger partial charge in [0.15, 0.2) is 0 Å². The van der Waals surface area contributed by atoms with Gasteiger partial charge in [-0.15, -0.1) is 0 Å². The number of hydrogen-bond donors (Lipinski definition) is 0. The van der Waals surface area contributed by atoms with Gasteiger partial charge in [0.2, 0.25) is 0 Å². The molecule has 0 radical (unpaired) electrons. The number of benzene rings is 4. The van der Waals surface area contributed by atoms with Gasteiger partial charge in [0, 0.05) is 30.9 Å². The van der Waals surface area contributed by atoms with Gasteiger partial charge in [-0.05, 0) is 104 Å². The normalized spacial score (nSPS) is 14.9. The van der Waals surface area contributed by atoms with Crippen LogP contribution in [0, 0.1) is 0 Å². The highest BCUT2D eigenvalue weighted by molar-refractivity contribution is 5.95. The van der Waals surface area contributed by atoms with Gasteiger partial charge in [0.1, 0.15) is 0 Å². The van der Waals surface area contributed by atoms with Gasteiger partial charge in [-0.3, -0.25) is 4.98 Å². The van der Waals surface area contributed by atoms with Crippen LogP contribution in [-0.2, 0) is 25.7 Å². The standard InChI is InChI=1S/C33H22N2/c1-3-7-25-19(5-1)11-21-12-22-15-29-28(27(22)17-26(21)25)16-23-13-24-18-34-10-9-32(24)35-31-8-4-2-6-20(31)14-30(29)33(23)35/h1-10,12,16-18H,11,13-15H2. The maximum Gasteiger partial charge on any atom is 0.0535 e. The molecule has 5 aromatic rings. The number of fused-ring (bicyclic) bond motifs is 11. The Balaban J connectivity index is 1.30. The third kappa shape index (κ3) is 2.27. The van der Waals surface area contributed by atoms with Crippen molar-refractivity contribution in [1.82, 2.24) is 4.98 Å². The first-order valence-electron chi connectivity index (χ1n) is 12.6. The van der Waals surface area contributed by atoms with Crippen LogP contribution in [0.1, 0.15) is 44.5 Å². The second kappa shape index (κ2) is 6.28.